The lowest BCUT2D eigenvalue weighted by molar-refractivity contribution is -0.109. The van der Waals surface area contributed by atoms with Gasteiger partial charge in [-0.1, -0.05) is 17.7 Å². The smallest absolute Gasteiger partial charge is 0.328 e. The number of carbonyl (C=O) groups is 1. The Hall–Kier alpha value is -1.52. The lowest BCUT2D eigenvalue weighted by atomic mass is 10.1. The van der Waals surface area contributed by atoms with E-state index in [2.05, 4.69) is 0 Å². The molecule has 0 unspecified atom stereocenters. The molecule has 0 radical (unpaired) electrons. The maximum absolute atomic E-state index is 12.5. The SMILES string of the molecule is C/C=C(\C(=C/C=C(C)C)NC=O)C(F)(F)F. The van der Waals surface area contributed by atoms with Gasteiger partial charge in [-0.15, -0.1) is 0 Å². The van der Waals surface area contributed by atoms with E-state index in [0.717, 1.165) is 11.6 Å². The van der Waals surface area contributed by atoms with Gasteiger partial charge in [-0.05, 0) is 26.8 Å². The van der Waals surface area contributed by atoms with Crippen LogP contribution in [-0.2, 0) is 4.79 Å². The normalized spacial score (nSPS) is 13.4. The first-order valence-electron chi connectivity index (χ1n) is 4.62. The zero-order chi connectivity index (χ0) is 12.8. The summed E-state index contributed by atoms with van der Waals surface area (Å²) in [4.78, 5) is 10.2. The van der Waals surface area contributed by atoms with Crippen LogP contribution in [0.15, 0.2) is 35.1 Å². The van der Waals surface area contributed by atoms with Gasteiger partial charge in [0.05, 0.1) is 11.3 Å². The van der Waals surface area contributed by atoms with E-state index in [9.17, 15) is 18.0 Å². The number of hydrogen-bond donors (Lipinski definition) is 1. The average Bonchev–Trinajstić information content (AvgIpc) is 2.12. The molecule has 0 spiro atoms. The minimum atomic E-state index is -4.48. The Bertz CT molecular complexity index is 334. The Morgan fingerprint density at radius 2 is 1.75 bits per heavy atom. The minimum absolute atomic E-state index is 0.222. The Labute approximate surface area is 92.5 Å². The highest BCUT2D eigenvalue weighted by Gasteiger charge is 2.35. The third-order valence-electron chi connectivity index (χ3n) is 1.68. The van der Waals surface area contributed by atoms with E-state index >= 15 is 0 Å². The molecule has 0 aliphatic rings. The fourth-order valence-corrected chi connectivity index (χ4v) is 1.00. The number of amides is 1. The number of hydrogen-bond acceptors (Lipinski definition) is 1. The van der Waals surface area contributed by atoms with E-state index < -0.39 is 11.7 Å². The molecule has 1 amide bonds. The predicted molar refractivity (Wildman–Crippen MR) is 56.5 cm³/mol. The molecule has 0 saturated heterocycles. The van der Waals surface area contributed by atoms with Crippen LogP contribution in [0.2, 0.25) is 0 Å². The molecule has 16 heavy (non-hydrogen) atoms. The van der Waals surface area contributed by atoms with Crippen LogP contribution in [0.3, 0.4) is 0 Å². The summed E-state index contributed by atoms with van der Waals surface area (Å²) >= 11 is 0. The lowest BCUT2D eigenvalue weighted by Crippen LogP contribution is -2.22. The van der Waals surface area contributed by atoms with Gasteiger partial charge in [0.25, 0.3) is 0 Å². The van der Waals surface area contributed by atoms with Crippen molar-refractivity contribution >= 4 is 6.41 Å². The van der Waals surface area contributed by atoms with Gasteiger partial charge in [-0.3, -0.25) is 4.79 Å². The van der Waals surface area contributed by atoms with Crippen molar-refractivity contribution in [2.75, 3.05) is 0 Å². The largest absolute Gasteiger partial charge is 0.418 e. The maximum atomic E-state index is 12.5. The van der Waals surface area contributed by atoms with Crippen LogP contribution in [0, 0.1) is 0 Å². The second kappa shape index (κ2) is 6.15. The highest BCUT2D eigenvalue weighted by atomic mass is 19.4. The molecule has 0 aromatic heterocycles. The summed E-state index contributed by atoms with van der Waals surface area (Å²) < 4.78 is 37.6. The maximum Gasteiger partial charge on any atom is 0.418 e. The van der Waals surface area contributed by atoms with E-state index in [0.29, 0.717) is 0 Å². The third-order valence-corrected chi connectivity index (χ3v) is 1.68. The number of alkyl halides is 3. The summed E-state index contributed by atoms with van der Waals surface area (Å²) in [6.07, 6.45) is -0.610. The molecule has 90 valence electrons. The van der Waals surface area contributed by atoms with Crippen LogP contribution >= 0.6 is 0 Å². The Morgan fingerprint density at radius 3 is 2.06 bits per heavy atom. The molecule has 0 aliphatic heterocycles. The first-order valence-corrected chi connectivity index (χ1v) is 4.62. The van der Waals surface area contributed by atoms with E-state index in [4.69, 9.17) is 0 Å². The van der Waals surface area contributed by atoms with E-state index in [-0.39, 0.29) is 12.1 Å². The van der Waals surface area contributed by atoms with Crippen molar-refractivity contribution in [2.24, 2.45) is 0 Å². The van der Waals surface area contributed by atoms with Crippen molar-refractivity contribution in [3.05, 3.63) is 35.1 Å². The summed E-state index contributed by atoms with van der Waals surface area (Å²) in [6.45, 7) is 4.77. The summed E-state index contributed by atoms with van der Waals surface area (Å²) in [5.41, 5.74) is -0.286. The van der Waals surface area contributed by atoms with Gasteiger partial charge in [-0.2, -0.15) is 13.2 Å². The number of nitrogens with one attached hydrogen (secondary N) is 1. The van der Waals surface area contributed by atoms with Gasteiger partial charge >= 0.3 is 6.18 Å². The summed E-state index contributed by atoms with van der Waals surface area (Å²) in [7, 11) is 0. The standard InChI is InChI=1S/C11H14F3NO/c1-4-9(11(12,13)14)10(15-7-16)6-5-8(2)3/h4-7H,1-3H3,(H,15,16)/b9-4+,10-6+. The summed E-state index contributed by atoms with van der Waals surface area (Å²) in [5.74, 6) is 0. The summed E-state index contributed by atoms with van der Waals surface area (Å²) in [5, 5.41) is 2.04. The fraction of sp³-hybridized carbons (Fsp3) is 0.364. The van der Waals surface area contributed by atoms with Crippen LogP contribution in [-0.4, -0.2) is 12.6 Å². The number of halogens is 3. The molecular formula is C11H14F3NO. The Morgan fingerprint density at radius 1 is 1.19 bits per heavy atom. The third kappa shape index (κ3) is 4.82. The molecule has 5 heteroatoms. The van der Waals surface area contributed by atoms with Crippen LogP contribution in [0.4, 0.5) is 13.2 Å². The van der Waals surface area contributed by atoms with Crippen molar-refractivity contribution in [2.45, 2.75) is 26.9 Å². The van der Waals surface area contributed by atoms with E-state index in [1.807, 2.05) is 5.32 Å². The van der Waals surface area contributed by atoms with Gasteiger partial charge in [0.2, 0.25) is 6.41 Å². The predicted octanol–water partition coefficient (Wildman–Crippen LogP) is 3.09. The van der Waals surface area contributed by atoms with Gasteiger partial charge in [0, 0.05) is 0 Å². The van der Waals surface area contributed by atoms with Crippen molar-refractivity contribution in [1.29, 1.82) is 0 Å². The van der Waals surface area contributed by atoms with Crippen LogP contribution in [0.1, 0.15) is 20.8 Å². The number of rotatable bonds is 4. The molecule has 0 aromatic rings. The van der Waals surface area contributed by atoms with Gasteiger partial charge in [0.1, 0.15) is 0 Å². The molecule has 0 fully saturated rings. The molecule has 0 atom stereocenters. The quantitative estimate of drug-likeness (QED) is 0.586. The number of allylic oxidation sites excluding steroid dienone is 5. The van der Waals surface area contributed by atoms with Crippen molar-refractivity contribution in [3.8, 4) is 0 Å². The highest BCUT2D eigenvalue weighted by Crippen LogP contribution is 2.29. The molecule has 0 aromatic carbocycles. The molecule has 0 heterocycles. The monoisotopic (exact) mass is 233 g/mol. The molecule has 0 rings (SSSR count). The van der Waals surface area contributed by atoms with Gasteiger partial charge in [0.15, 0.2) is 0 Å². The minimum Gasteiger partial charge on any atom is -0.328 e. The second-order valence-corrected chi connectivity index (χ2v) is 3.29. The zero-order valence-corrected chi connectivity index (χ0v) is 9.35. The van der Waals surface area contributed by atoms with E-state index in [1.54, 1.807) is 13.8 Å². The Balaban J connectivity index is 5.27. The van der Waals surface area contributed by atoms with Crippen molar-refractivity contribution in [3.63, 3.8) is 0 Å². The zero-order valence-electron chi connectivity index (χ0n) is 9.35. The molecule has 0 saturated carbocycles. The lowest BCUT2D eigenvalue weighted by Gasteiger charge is -2.13. The van der Waals surface area contributed by atoms with Crippen LogP contribution < -0.4 is 5.32 Å². The fourth-order valence-electron chi connectivity index (χ4n) is 1.00. The van der Waals surface area contributed by atoms with Gasteiger partial charge in [-0.25, -0.2) is 0 Å². The Kier molecular flexibility index (Phi) is 5.56. The molecule has 0 bridgehead atoms. The average molecular weight is 233 g/mol. The first-order chi connectivity index (χ1) is 7.32. The molecule has 0 aliphatic carbocycles. The van der Waals surface area contributed by atoms with Crippen LogP contribution in [0.5, 0.6) is 0 Å². The van der Waals surface area contributed by atoms with Crippen LogP contribution in [0.25, 0.3) is 0 Å². The summed E-state index contributed by atoms with van der Waals surface area (Å²) in [6, 6.07) is 0. The van der Waals surface area contributed by atoms with Crippen molar-refractivity contribution in [1.82, 2.24) is 5.32 Å². The molecule has 2 nitrogen and oxygen atoms in total. The highest BCUT2D eigenvalue weighted by molar-refractivity contribution is 5.55. The van der Waals surface area contributed by atoms with E-state index in [1.165, 1.54) is 19.1 Å². The van der Waals surface area contributed by atoms with Crippen molar-refractivity contribution < 1.29 is 18.0 Å². The molecular weight excluding hydrogens is 219 g/mol. The molecule has 1 N–H and O–H groups in total. The van der Waals surface area contributed by atoms with Gasteiger partial charge < -0.3 is 5.32 Å². The first kappa shape index (κ1) is 14.5. The second-order valence-electron chi connectivity index (χ2n) is 3.29. The topological polar surface area (TPSA) is 29.1 Å². The number of carbonyl (C=O) groups excluding carboxylic acids is 1.